The van der Waals surface area contributed by atoms with Crippen LogP contribution in [0.25, 0.3) is 0 Å². The molecule has 0 aliphatic carbocycles. The highest BCUT2D eigenvalue weighted by molar-refractivity contribution is 7.89. The average Bonchev–Trinajstić information content (AvgIpc) is 3.18. The number of amides is 1. The molecular weight excluding hydrogens is 418 g/mol. The van der Waals surface area contributed by atoms with Crippen LogP contribution in [0.1, 0.15) is 42.4 Å². The smallest absolute Gasteiger partial charge is 0.257 e. The van der Waals surface area contributed by atoms with E-state index in [2.05, 4.69) is 31.1 Å². The van der Waals surface area contributed by atoms with Gasteiger partial charge in [0, 0.05) is 30.0 Å². The molecule has 1 N–H and O–H groups in total. The van der Waals surface area contributed by atoms with Crippen LogP contribution in [0, 0.1) is 0 Å². The van der Waals surface area contributed by atoms with E-state index in [0.29, 0.717) is 10.7 Å². The summed E-state index contributed by atoms with van der Waals surface area (Å²) in [5, 5.41) is 5.22. The van der Waals surface area contributed by atoms with Gasteiger partial charge >= 0.3 is 0 Å². The number of hydrogen-bond acceptors (Lipinski definition) is 5. The Bertz CT molecular complexity index is 1120. The molecule has 0 aliphatic rings. The second kappa shape index (κ2) is 8.67. The Labute approximate surface area is 181 Å². The third-order valence-electron chi connectivity index (χ3n) is 4.57. The Morgan fingerprint density at radius 2 is 1.70 bits per heavy atom. The van der Waals surface area contributed by atoms with Gasteiger partial charge in [-0.1, -0.05) is 51.1 Å². The summed E-state index contributed by atoms with van der Waals surface area (Å²) in [5.74, 6) is -0.327. The fraction of sp³-hybridized carbons (Fsp3) is 0.273. The highest BCUT2D eigenvalue weighted by Crippen LogP contribution is 2.26. The Hall–Kier alpha value is -2.55. The number of carbonyl (C=O) groups is 1. The summed E-state index contributed by atoms with van der Waals surface area (Å²) in [7, 11) is -2.12. The van der Waals surface area contributed by atoms with E-state index in [1.165, 1.54) is 47.0 Å². The van der Waals surface area contributed by atoms with Crippen LogP contribution in [0.5, 0.6) is 0 Å². The van der Waals surface area contributed by atoms with Crippen molar-refractivity contribution in [3.63, 3.8) is 0 Å². The molecule has 0 bridgehead atoms. The lowest BCUT2D eigenvalue weighted by Gasteiger charge is -2.17. The first kappa shape index (κ1) is 22.1. The highest BCUT2D eigenvalue weighted by Gasteiger charge is 2.22. The monoisotopic (exact) mass is 443 g/mol. The van der Waals surface area contributed by atoms with Crippen molar-refractivity contribution in [2.45, 2.75) is 37.6 Å². The van der Waals surface area contributed by atoms with Crippen molar-refractivity contribution >= 4 is 32.4 Å². The first-order chi connectivity index (χ1) is 14.1. The summed E-state index contributed by atoms with van der Waals surface area (Å²) in [5.41, 5.74) is 2.08. The van der Waals surface area contributed by atoms with Gasteiger partial charge < -0.3 is 0 Å². The van der Waals surface area contributed by atoms with Gasteiger partial charge in [0.05, 0.1) is 10.6 Å². The summed E-state index contributed by atoms with van der Waals surface area (Å²) >= 11 is 1.37. The van der Waals surface area contributed by atoms with E-state index in [0.717, 1.165) is 11.3 Å². The number of hydrogen-bond donors (Lipinski definition) is 1. The van der Waals surface area contributed by atoms with Crippen LogP contribution in [0.3, 0.4) is 0 Å². The fourth-order valence-corrected chi connectivity index (χ4v) is 4.82. The van der Waals surface area contributed by atoms with Gasteiger partial charge in [0.25, 0.3) is 5.91 Å². The maximum absolute atomic E-state index is 12.8. The number of benzene rings is 2. The van der Waals surface area contributed by atoms with Crippen molar-refractivity contribution in [1.29, 1.82) is 0 Å². The summed E-state index contributed by atoms with van der Waals surface area (Å²) < 4.78 is 26.9. The van der Waals surface area contributed by atoms with Crippen LogP contribution in [-0.2, 0) is 22.0 Å². The zero-order valence-electron chi connectivity index (χ0n) is 17.4. The average molecular weight is 444 g/mol. The standard InChI is InChI=1S/C22H25N3O3S2/c1-22(2,3)19-15-29-21(23-19)24-20(26)17-10-12-18(13-11-17)30(27,28)25(4)14-16-8-6-5-7-9-16/h5-13,15H,14H2,1-4H3,(H,23,24,26). The third-order valence-corrected chi connectivity index (χ3v) is 7.14. The normalized spacial score (nSPS) is 12.2. The molecule has 0 fully saturated rings. The molecule has 6 nitrogen and oxygen atoms in total. The minimum absolute atomic E-state index is 0.0960. The van der Waals surface area contributed by atoms with E-state index in [1.807, 2.05) is 35.7 Å². The van der Waals surface area contributed by atoms with Gasteiger partial charge in [0.15, 0.2) is 5.13 Å². The van der Waals surface area contributed by atoms with Crippen molar-refractivity contribution in [2.24, 2.45) is 0 Å². The third kappa shape index (κ3) is 5.13. The molecule has 0 spiro atoms. The molecule has 1 heterocycles. The Balaban J connectivity index is 1.70. The molecule has 0 unspecified atom stereocenters. The molecule has 0 aliphatic heterocycles. The maximum atomic E-state index is 12.8. The Morgan fingerprint density at radius 3 is 2.27 bits per heavy atom. The van der Waals surface area contributed by atoms with Gasteiger partial charge in [0.2, 0.25) is 10.0 Å². The Kier molecular flexibility index (Phi) is 6.40. The van der Waals surface area contributed by atoms with Gasteiger partial charge in [-0.25, -0.2) is 13.4 Å². The number of nitrogens with zero attached hydrogens (tertiary/aromatic N) is 2. The van der Waals surface area contributed by atoms with Crippen molar-refractivity contribution in [3.8, 4) is 0 Å². The number of sulfonamides is 1. The summed E-state index contributed by atoms with van der Waals surface area (Å²) in [6.45, 7) is 6.44. The second-order valence-corrected chi connectivity index (χ2v) is 10.9. The number of aromatic nitrogens is 1. The predicted molar refractivity (Wildman–Crippen MR) is 120 cm³/mol. The molecule has 3 aromatic rings. The highest BCUT2D eigenvalue weighted by atomic mass is 32.2. The number of thiazole rings is 1. The number of anilines is 1. The van der Waals surface area contributed by atoms with E-state index in [4.69, 9.17) is 0 Å². The van der Waals surface area contributed by atoms with Crippen molar-refractivity contribution < 1.29 is 13.2 Å². The van der Waals surface area contributed by atoms with Crippen molar-refractivity contribution in [2.75, 3.05) is 12.4 Å². The predicted octanol–water partition coefficient (Wildman–Crippen LogP) is 4.51. The van der Waals surface area contributed by atoms with E-state index in [9.17, 15) is 13.2 Å². The minimum Gasteiger partial charge on any atom is -0.298 e. The van der Waals surface area contributed by atoms with Crippen LogP contribution in [-0.4, -0.2) is 30.7 Å². The second-order valence-electron chi connectivity index (χ2n) is 8.01. The molecule has 158 valence electrons. The largest absolute Gasteiger partial charge is 0.298 e. The first-order valence-corrected chi connectivity index (χ1v) is 11.8. The van der Waals surface area contributed by atoms with Gasteiger partial charge in [0.1, 0.15) is 0 Å². The minimum atomic E-state index is -3.66. The zero-order chi connectivity index (χ0) is 21.9. The maximum Gasteiger partial charge on any atom is 0.257 e. The SMILES string of the molecule is CN(Cc1ccccc1)S(=O)(=O)c1ccc(C(=O)Nc2nc(C(C)(C)C)cs2)cc1. The summed E-state index contributed by atoms with van der Waals surface area (Å²) in [6, 6.07) is 15.3. The Morgan fingerprint density at radius 1 is 1.07 bits per heavy atom. The van der Waals surface area contributed by atoms with E-state index in [1.54, 1.807) is 0 Å². The number of rotatable bonds is 6. The zero-order valence-corrected chi connectivity index (χ0v) is 19.0. The molecule has 2 aromatic carbocycles. The van der Waals surface area contributed by atoms with Crippen molar-refractivity contribution in [1.82, 2.24) is 9.29 Å². The number of carbonyl (C=O) groups excluding carboxylic acids is 1. The van der Waals surface area contributed by atoms with E-state index < -0.39 is 10.0 Å². The molecule has 8 heteroatoms. The van der Waals surface area contributed by atoms with E-state index >= 15 is 0 Å². The summed E-state index contributed by atoms with van der Waals surface area (Å²) in [6.07, 6.45) is 0. The van der Waals surface area contributed by atoms with E-state index in [-0.39, 0.29) is 22.8 Å². The molecule has 0 saturated heterocycles. The lowest BCUT2D eigenvalue weighted by Crippen LogP contribution is -2.26. The lowest BCUT2D eigenvalue weighted by atomic mass is 9.93. The molecule has 0 radical (unpaired) electrons. The molecule has 30 heavy (non-hydrogen) atoms. The van der Waals surface area contributed by atoms with Crippen LogP contribution < -0.4 is 5.32 Å². The molecular formula is C22H25N3O3S2. The van der Waals surface area contributed by atoms with Crippen LogP contribution in [0.15, 0.2) is 64.9 Å². The molecule has 0 saturated carbocycles. The summed E-state index contributed by atoms with van der Waals surface area (Å²) in [4.78, 5) is 17.1. The first-order valence-electron chi connectivity index (χ1n) is 9.45. The van der Waals surface area contributed by atoms with Crippen LogP contribution >= 0.6 is 11.3 Å². The molecule has 3 rings (SSSR count). The quantitative estimate of drug-likeness (QED) is 0.608. The van der Waals surface area contributed by atoms with Crippen LogP contribution in [0.2, 0.25) is 0 Å². The van der Waals surface area contributed by atoms with Crippen LogP contribution in [0.4, 0.5) is 5.13 Å². The van der Waals surface area contributed by atoms with Gasteiger partial charge in [-0.3, -0.25) is 10.1 Å². The fourth-order valence-electron chi connectivity index (χ4n) is 2.73. The topological polar surface area (TPSA) is 79.4 Å². The lowest BCUT2D eigenvalue weighted by molar-refractivity contribution is 0.102. The number of nitrogens with one attached hydrogen (secondary N) is 1. The molecule has 1 aromatic heterocycles. The van der Waals surface area contributed by atoms with Gasteiger partial charge in [-0.05, 0) is 29.8 Å². The van der Waals surface area contributed by atoms with Gasteiger partial charge in [-0.15, -0.1) is 11.3 Å². The van der Waals surface area contributed by atoms with Gasteiger partial charge in [-0.2, -0.15) is 4.31 Å². The molecule has 1 amide bonds. The molecule has 0 atom stereocenters. The van der Waals surface area contributed by atoms with Crippen molar-refractivity contribution in [3.05, 3.63) is 76.8 Å².